The van der Waals surface area contributed by atoms with Gasteiger partial charge in [0, 0.05) is 18.0 Å². The molecule has 9 heteroatoms. The van der Waals surface area contributed by atoms with E-state index in [0.29, 0.717) is 28.8 Å². The Morgan fingerprint density at radius 1 is 1.14 bits per heavy atom. The first kappa shape index (κ1) is 18.1. The lowest BCUT2D eigenvalue weighted by atomic mass is 9.96. The Kier molecular flexibility index (Phi) is 4.43. The molecule has 1 fully saturated rings. The number of halogens is 1. The monoisotopic (exact) mass is 410 g/mol. The average molecular weight is 411 g/mol. The molecule has 1 aliphatic carbocycles. The molecule has 29 heavy (non-hydrogen) atoms. The van der Waals surface area contributed by atoms with Crippen molar-refractivity contribution in [1.82, 2.24) is 29.2 Å². The fraction of sp³-hybridized carbons (Fsp3) is 0.350. The number of rotatable bonds is 4. The van der Waals surface area contributed by atoms with Crippen LogP contribution < -0.4 is 5.56 Å². The second-order valence-corrected chi connectivity index (χ2v) is 7.95. The van der Waals surface area contributed by atoms with E-state index in [1.165, 1.54) is 16.5 Å². The van der Waals surface area contributed by atoms with Gasteiger partial charge in [-0.25, -0.2) is 9.97 Å². The molecule has 0 radical (unpaired) electrons. The van der Waals surface area contributed by atoms with Crippen LogP contribution >= 0.6 is 11.6 Å². The first-order valence-electron chi connectivity index (χ1n) is 9.53. The summed E-state index contributed by atoms with van der Waals surface area (Å²) in [7, 11) is 1.77. The van der Waals surface area contributed by atoms with Crippen molar-refractivity contribution in [2.45, 2.75) is 37.6 Å². The zero-order valence-electron chi connectivity index (χ0n) is 15.8. The molecule has 2 atom stereocenters. The summed E-state index contributed by atoms with van der Waals surface area (Å²) in [4.78, 5) is 25.5. The normalized spacial score (nSPS) is 19.2. The predicted molar refractivity (Wildman–Crippen MR) is 107 cm³/mol. The Labute approximate surface area is 171 Å². The summed E-state index contributed by atoms with van der Waals surface area (Å²) in [6.45, 7) is 0.188. The number of aryl methyl sites for hydroxylation is 1. The van der Waals surface area contributed by atoms with Crippen LogP contribution in [0.4, 0.5) is 0 Å². The standard InChI is InChI=1S/C20H19ClN6O2/c1-26-10-22-19-17(26)20(28)27(11-23-19)9-16-24-18(25-29-16)14-3-2-13(8-14)12-4-6-15(21)7-5-12/h4-7,10-11,13-14H,2-3,8-9H2,1H3/t13-,14-/m0/s1. The van der Waals surface area contributed by atoms with E-state index in [1.54, 1.807) is 17.9 Å². The summed E-state index contributed by atoms with van der Waals surface area (Å²) in [6, 6.07) is 8.04. The van der Waals surface area contributed by atoms with Crippen LogP contribution in [0.25, 0.3) is 11.2 Å². The molecule has 0 bridgehead atoms. The molecule has 1 aromatic carbocycles. The molecule has 8 nitrogen and oxygen atoms in total. The molecule has 4 aromatic rings. The van der Waals surface area contributed by atoms with E-state index in [9.17, 15) is 4.79 Å². The lowest BCUT2D eigenvalue weighted by Gasteiger charge is -2.09. The van der Waals surface area contributed by atoms with Gasteiger partial charge in [0.2, 0.25) is 5.89 Å². The van der Waals surface area contributed by atoms with Gasteiger partial charge >= 0.3 is 0 Å². The summed E-state index contributed by atoms with van der Waals surface area (Å²) in [5.74, 6) is 1.83. The van der Waals surface area contributed by atoms with Crippen LogP contribution in [-0.4, -0.2) is 29.2 Å². The molecule has 1 aliphatic rings. The Balaban J connectivity index is 1.32. The second kappa shape index (κ2) is 7.11. The number of nitrogens with zero attached hydrogens (tertiary/aromatic N) is 6. The molecule has 0 N–H and O–H groups in total. The van der Waals surface area contributed by atoms with Crippen LogP contribution in [0.3, 0.4) is 0 Å². The third-order valence-corrected chi connectivity index (χ3v) is 5.88. The summed E-state index contributed by atoms with van der Waals surface area (Å²) < 4.78 is 8.56. The van der Waals surface area contributed by atoms with Crippen molar-refractivity contribution < 1.29 is 4.52 Å². The molecule has 148 valence electrons. The van der Waals surface area contributed by atoms with Gasteiger partial charge in [0.05, 0.1) is 6.33 Å². The molecular weight excluding hydrogens is 392 g/mol. The highest BCUT2D eigenvalue weighted by Crippen LogP contribution is 2.42. The zero-order valence-corrected chi connectivity index (χ0v) is 16.6. The van der Waals surface area contributed by atoms with Crippen LogP contribution in [0.15, 0.2) is 46.2 Å². The highest BCUT2D eigenvalue weighted by atomic mass is 35.5. The van der Waals surface area contributed by atoms with Crippen molar-refractivity contribution >= 4 is 22.8 Å². The van der Waals surface area contributed by atoms with Crippen molar-refractivity contribution in [2.24, 2.45) is 7.05 Å². The number of aromatic nitrogens is 6. The largest absolute Gasteiger partial charge is 0.337 e. The SMILES string of the molecule is Cn1cnc2ncn(Cc3nc([C@H]4CC[C@H](c5ccc(Cl)cc5)C4)no3)c(=O)c21. The topological polar surface area (TPSA) is 91.6 Å². The minimum Gasteiger partial charge on any atom is -0.337 e. The summed E-state index contributed by atoms with van der Waals surface area (Å²) in [5, 5.41) is 4.93. The Bertz CT molecular complexity index is 1230. The Morgan fingerprint density at radius 2 is 1.90 bits per heavy atom. The lowest BCUT2D eigenvalue weighted by Crippen LogP contribution is -2.22. The van der Waals surface area contributed by atoms with Crippen molar-refractivity contribution in [3.63, 3.8) is 0 Å². The fourth-order valence-corrected chi connectivity index (χ4v) is 4.21. The average Bonchev–Trinajstić information content (AvgIpc) is 3.45. The maximum absolute atomic E-state index is 12.7. The Hall–Kier alpha value is -3.00. The molecule has 0 aliphatic heterocycles. The highest BCUT2D eigenvalue weighted by Gasteiger charge is 2.30. The number of imidazole rings is 1. The van der Waals surface area contributed by atoms with Gasteiger partial charge in [-0.05, 0) is 42.9 Å². The van der Waals surface area contributed by atoms with Crippen LogP contribution in [0.5, 0.6) is 0 Å². The lowest BCUT2D eigenvalue weighted by molar-refractivity contribution is 0.361. The number of benzene rings is 1. The van der Waals surface area contributed by atoms with Gasteiger partial charge < -0.3 is 9.09 Å². The highest BCUT2D eigenvalue weighted by molar-refractivity contribution is 6.30. The van der Waals surface area contributed by atoms with Crippen molar-refractivity contribution in [2.75, 3.05) is 0 Å². The molecule has 5 rings (SSSR count). The molecular formula is C20H19ClN6O2. The van der Waals surface area contributed by atoms with E-state index < -0.39 is 0 Å². The molecule has 3 heterocycles. The van der Waals surface area contributed by atoms with Crippen LogP contribution in [0.2, 0.25) is 5.02 Å². The van der Waals surface area contributed by atoms with Gasteiger partial charge in [0.1, 0.15) is 12.9 Å². The molecule has 0 spiro atoms. The second-order valence-electron chi connectivity index (χ2n) is 7.51. The van der Waals surface area contributed by atoms with Crippen molar-refractivity contribution in [3.8, 4) is 0 Å². The quantitative estimate of drug-likeness (QED) is 0.512. The van der Waals surface area contributed by atoms with Gasteiger partial charge in [-0.3, -0.25) is 9.36 Å². The van der Waals surface area contributed by atoms with E-state index in [2.05, 4.69) is 32.2 Å². The molecule has 0 saturated heterocycles. The van der Waals surface area contributed by atoms with Crippen LogP contribution in [0.1, 0.15) is 48.4 Å². The summed E-state index contributed by atoms with van der Waals surface area (Å²) in [6.07, 6.45) is 6.10. The molecule has 1 saturated carbocycles. The van der Waals surface area contributed by atoms with E-state index >= 15 is 0 Å². The number of hydrogen-bond acceptors (Lipinski definition) is 6. The maximum Gasteiger partial charge on any atom is 0.280 e. The smallest absolute Gasteiger partial charge is 0.280 e. The van der Waals surface area contributed by atoms with Gasteiger partial charge in [-0.2, -0.15) is 4.98 Å². The third kappa shape index (κ3) is 3.33. The fourth-order valence-electron chi connectivity index (χ4n) is 4.08. The first-order valence-corrected chi connectivity index (χ1v) is 9.90. The van der Waals surface area contributed by atoms with Gasteiger partial charge in [-0.1, -0.05) is 28.9 Å². The van der Waals surface area contributed by atoms with E-state index in [-0.39, 0.29) is 18.0 Å². The summed E-state index contributed by atoms with van der Waals surface area (Å²) in [5.41, 5.74) is 1.99. The number of hydrogen-bond donors (Lipinski definition) is 0. The molecule has 0 unspecified atom stereocenters. The van der Waals surface area contributed by atoms with Crippen LogP contribution in [-0.2, 0) is 13.6 Å². The third-order valence-electron chi connectivity index (χ3n) is 5.63. The van der Waals surface area contributed by atoms with E-state index in [4.69, 9.17) is 16.1 Å². The first-order chi connectivity index (χ1) is 14.1. The van der Waals surface area contributed by atoms with Crippen molar-refractivity contribution in [1.29, 1.82) is 0 Å². The van der Waals surface area contributed by atoms with E-state index in [1.807, 2.05) is 12.1 Å². The summed E-state index contributed by atoms with van der Waals surface area (Å²) >= 11 is 5.99. The Morgan fingerprint density at radius 3 is 2.72 bits per heavy atom. The maximum atomic E-state index is 12.7. The van der Waals surface area contributed by atoms with Gasteiger partial charge in [0.25, 0.3) is 5.56 Å². The predicted octanol–water partition coefficient (Wildman–Crippen LogP) is 3.27. The van der Waals surface area contributed by atoms with Gasteiger partial charge in [-0.15, -0.1) is 0 Å². The number of fused-ring (bicyclic) bond motifs is 1. The zero-order chi connectivity index (χ0) is 20.0. The molecule has 3 aromatic heterocycles. The van der Waals surface area contributed by atoms with Crippen molar-refractivity contribution in [3.05, 3.63) is 69.6 Å². The minimum absolute atomic E-state index is 0.182. The van der Waals surface area contributed by atoms with Gasteiger partial charge in [0.15, 0.2) is 17.0 Å². The van der Waals surface area contributed by atoms with E-state index in [0.717, 1.165) is 24.3 Å². The van der Waals surface area contributed by atoms with Crippen LogP contribution in [0, 0.1) is 0 Å². The molecule has 0 amide bonds. The minimum atomic E-state index is -0.182.